The van der Waals surface area contributed by atoms with Gasteiger partial charge in [0, 0.05) is 5.56 Å². The molecule has 0 heterocycles. The third-order valence-electron chi connectivity index (χ3n) is 4.28. The van der Waals surface area contributed by atoms with E-state index in [4.69, 9.17) is 0 Å². The van der Waals surface area contributed by atoms with Gasteiger partial charge in [-0.1, -0.05) is 12.1 Å². The molecule has 0 radical (unpaired) electrons. The van der Waals surface area contributed by atoms with Crippen LogP contribution in [0.2, 0.25) is 0 Å². The Labute approximate surface area is 154 Å². The van der Waals surface area contributed by atoms with Crippen LogP contribution in [0.4, 0.5) is 18.9 Å². The molecule has 3 rings (SSSR count). The van der Waals surface area contributed by atoms with Crippen LogP contribution in [-0.4, -0.2) is 11.0 Å². The third kappa shape index (κ3) is 3.65. The number of anilines is 1. The van der Waals surface area contributed by atoms with Gasteiger partial charge in [0.05, 0.1) is 11.3 Å². The first kappa shape index (κ1) is 18.5. The Morgan fingerprint density at radius 2 is 1.70 bits per heavy atom. The van der Waals surface area contributed by atoms with Crippen molar-refractivity contribution in [3.63, 3.8) is 0 Å². The van der Waals surface area contributed by atoms with E-state index < -0.39 is 23.4 Å². The first-order valence-electron chi connectivity index (χ1n) is 8.13. The highest BCUT2D eigenvalue weighted by Gasteiger charge is 2.19. The summed E-state index contributed by atoms with van der Waals surface area (Å²) >= 11 is 0. The Balaban J connectivity index is 2.04. The number of aromatic hydroxyl groups is 1. The van der Waals surface area contributed by atoms with Gasteiger partial charge in [0.1, 0.15) is 23.2 Å². The lowest BCUT2D eigenvalue weighted by molar-refractivity contribution is 0.102. The zero-order chi connectivity index (χ0) is 19.7. The second-order valence-electron chi connectivity index (χ2n) is 6.19. The number of rotatable bonds is 3. The number of phenolic OH excluding ortho intramolecular Hbond substituents is 1. The van der Waals surface area contributed by atoms with Crippen molar-refractivity contribution in [1.29, 1.82) is 0 Å². The molecule has 138 valence electrons. The predicted molar refractivity (Wildman–Crippen MR) is 97.3 cm³/mol. The largest absolute Gasteiger partial charge is 0.508 e. The molecule has 6 heteroatoms. The Morgan fingerprint density at radius 3 is 2.41 bits per heavy atom. The topological polar surface area (TPSA) is 49.3 Å². The minimum atomic E-state index is -0.874. The minimum absolute atomic E-state index is 0.127. The SMILES string of the molecule is Cc1cc(-c2cccc(F)c2)cc(C(=O)Nc2c(F)ccc(O)c2C)c1F. The van der Waals surface area contributed by atoms with Crippen molar-refractivity contribution >= 4 is 11.6 Å². The Kier molecular flexibility index (Phi) is 4.90. The highest BCUT2D eigenvalue weighted by atomic mass is 19.1. The van der Waals surface area contributed by atoms with Crippen molar-refractivity contribution in [3.8, 4) is 16.9 Å². The van der Waals surface area contributed by atoms with E-state index in [-0.39, 0.29) is 28.1 Å². The van der Waals surface area contributed by atoms with E-state index in [0.29, 0.717) is 11.1 Å². The summed E-state index contributed by atoms with van der Waals surface area (Å²) in [6, 6.07) is 10.6. The first-order chi connectivity index (χ1) is 12.8. The fourth-order valence-corrected chi connectivity index (χ4v) is 2.77. The average molecular weight is 371 g/mol. The monoisotopic (exact) mass is 371 g/mol. The summed E-state index contributed by atoms with van der Waals surface area (Å²) in [5, 5.41) is 12.0. The van der Waals surface area contributed by atoms with Crippen LogP contribution in [0.25, 0.3) is 11.1 Å². The molecule has 0 spiro atoms. The van der Waals surface area contributed by atoms with Gasteiger partial charge in [0.2, 0.25) is 0 Å². The lowest BCUT2D eigenvalue weighted by Crippen LogP contribution is -2.16. The number of carbonyl (C=O) groups is 1. The van der Waals surface area contributed by atoms with Gasteiger partial charge in [-0.2, -0.15) is 0 Å². The number of amides is 1. The van der Waals surface area contributed by atoms with Gasteiger partial charge in [0.25, 0.3) is 5.91 Å². The van der Waals surface area contributed by atoms with E-state index in [9.17, 15) is 23.1 Å². The molecule has 27 heavy (non-hydrogen) atoms. The van der Waals surface area contributed by atoms with E-state index in [0.717, 1.165) is 12.1 Å². The fourth-order valence-electron chi connectivity index (χ4n) is 2.77. The second kappa shape index (κ2) is 7.15. The Bertz CT molecular complexity index is 1050. The van der Waals surface area contributed by atoms with Crippen LogP contribution in [0.3, 0.4) is 0 Å². The predicted octanol–water partition coefficient (Wildman–Crippen LogP) is 5.35. The Morgan fingerprint density at radius 1 is 0.963 bits per heavy atom. The average Bonchev–Trinajstić information content (AvgIpc) is 2.64. The molecule has 0 aliphatic carbocycles. The summed E-state index contributed by atoms with van der Waals surface area (Å²) in [5.41, 5.74) is 0.708. The Hall–Kier alpha value is -3.28. The summed E-state index contributed by atoms with van der Waals surface area (Å²) in [6.07, 6.45) is 0. The molecule has 2 N–H and O–H groups in total. The summed E-state index contributed by atoms with van der Waals surface area (Å²) in [4.78, 5) is 12.6. The molecule has 3 nitrogen and oxygen atoms in total. The minimum Gasteiger partial charge on any atom is -0.508 e. The quantitative estimate of drug-likeness (QED) is 0.652. The van der Waals surface area contributed by atoms with Crippen LogP contribution in [0.1, 0.15) is 21.5 Å². The van der Waals surface area contributed by atoms with Crippen molar-refractivity contribution in [2.24, 2.45) is 0 Å². The molecule has 0 saturated carbocycles. The zero-order valence-electron chi connectivity index (χ0n) is 14.6. The maximum absolute atomic E-state index is 14.5. The normalized spacial score (nSPS) is 10.7. The zero-order valence-corrected chi connectivity index (χ0v) is 14.6. The fraction of sp³-hybridized carbons (Fsp3) is 0.0952. The summed E-state index contributed by atoms with van der Waals surface area (Å²) in [5.74, 6) is -3.04. The van der Waals surface area contributed by atoms with Gasteiger partial charge in [-0.15, -0.1) is 0 Å². The molecule has 0 unspecified atom stereocenters. The van der Waals surface area contributed by atoms with Crippen LogP contribution >= 0.6 is 0 Å². The van der Waals surface area contributed by atoms with E-state index in [1.54, 1.807) is 6.07 Å². The molecule has 0 aromatic heterocycles. The standard InChI is InChI=1S/C21H16F3NO2/c1-11-8-14(13-4-3-5-15(22)9-13)10-16(19(11)24)21(27)25-20-12(2)18(26)7-6-17(20)23/h3-10,26H,1-2H3,(H,25,27). The highest BCUT2D eigenvalue weighted by molar-refractivity contribution is 6.06. The molecular weight excluding hydrogens is 355 g/mol. The molecule has 3 aromatic carbocycles. The second-order valence-corrected chi connectivity index (χ2v) is 6.19. The number of benzene rings is 3. The van der Waals surface area contributed by atoms with E-state index in [2.05, 4.69) is 5.32 Å². The van der Waals surface area contributed by atoms with E-state index in [1.807, 2.05) is 0 Å². The van der Waals surface area contributed by atoms with Gasteiger partial charge in [0.15, 0.2) is 0 Å². The van der Waals surface area contributed by atoms with E-state index >= 15 is 0 Å². The third-order valence-corrected chi connectivity index (χ3v) is 4.28. The summed E-state index contributed by atoms with van der Waals surface area (Å²) < 4.78 is 42.0. The molecule has 0 bridgehead atoms. The molecule has 0 saturated heterocycles. The number of phenols is 1. The molecule has 0 atom stereocenters. The van der Waals surface area contributed by atoms with Crippen LogP contribution in [0, 0.1) is 31.3 Å². The number of hydrogen-bond acceptors (Lipinski definition) is 2. The highest BCUT2D eigenvalue weighted by Crippen LogP contribution is 2.29. The van der Waals surface area contributed by atoms with Crippen molar-refractivity contribution in [2.75, 3.05) is 5.32 Å². The van der Waals surface area contributed by atoms with Crippen molar-refractivity contribution in [3.05, 3.63) is 82.7 Å². The number of nitrogens with one attached hydrogen (secondary N) is 1. The van der Waals surface area contributed by atoms with Crippen LogP contribution in [-0.2, 0) is 0 Å². The van der Waals surface area contributed by atoms with E-state index in [1.165, 1.54) is 44.2 Å². The maximum Gasteiger partial charge on any atom is 0.258 e. The van der Waals surface area contributed by atoms with Crippen molar-refractivity contribution in [2.45, 2.75) is 13.8 Å². The molecule has 1 amide bonds. The summed E-state index contributed by atoms with van der Waals surface area (Å²) in [7, 11) is 0. The summed E-state index contributed by atoms with van der Waals surface area (Å²) in [6.45, 7) is 2.91. The van der Waals surface area contributed by atoms with Gasteiger partial charge < -0.3 is 10.4 Å². The van der Waals surface area contributed by atoms with Crippen molar-refractivity contribution < 1.29 is 23.1 Å². The number of hydrogen-bond donors (Lipinski definition) is 2. The number of halogens is 3. The number of carbonyl (C=O) groups excluding carboxylic acids is 1. The van der Waals surface area contributed by atoms with Crippen LogP contribution in [0.15, 0.2) is 48.5 Å². The van der Waals surface area contributed by atoms with Gasteiger partial charge in [-0.25, -0.2) is 13.2 Å². The molecule has 0 aliphatic heterocycles. The lowest BCUT2D eigenvalue weighted by Gasteiger charge is -2.13. The first-order valence-corrected chi connectivity index (χ1v) is 8.13. The molecule has 3 aromatic rings. The van der Waals surface area contributed by atoms with Crippen LogP contribution < -0.4 is 5.32 Å². The van der Waals surface area contributed by atoms with Crippen LogP contribution in [0.5, 0.6) is 5.75 Å². The molecular formula is C21H16F3NO2. The van der Waals surface area contributed by atoms with Crippen molar-refractivity contribution in [1.82, 2.24) is 0 Å². The maximum atomic E-state index is 14.5. The molecule has 0 aliphatic rings. The van der Waals surface area contributed by atoms with Gasteiger partial charge in [-0.05, 0) is 66.9 Å². The number of aryl methyl sites for hydroxylation is 1. The van der Waals surface area contributed by atoms with Gasteiger partial charge in [-0.3, -0.25) is 4.79 Å². The molecule has 0 fully saturated rings. The smallest absolute Gasteiger partial charge is 0.258 e. The lowest BCUT2D eigenvalue weighted by atomic mass is 9.99. The van der Waals surface area contributed by atoms with Gasteiger partial charge >= 0.3 is 0 Å².